The number of hydrogen-bond donors (Lipinski definition) is 7. The minimum absolute atomic E-state index is 0.113. The molecule has 4 rings (SSSR count). The molecule has 7 N–H and O–H groups in total. The van der Waals surface area contributed by atoms with Crippen LogP contribution in [0.15, 0.2) is 65.5 Å². The molecule has 8 nitrogen and oxygen atoms in total. The zero-order valence-electron chi connectivity index (χ0n) is 19.1. The number of fused-ring (bicyclic) bond motifs is 1. The number of para-hydroxylation sites is 1. The molecule has 0 saturated heterocycles. The number of phenolic OH excluding ortho intramolecular Hbond substituents is 2. The molecule has 4 aromatic rings. The number of nitrogens with one attached hydrogen (secondary N) is 3. The van der Waals surface area contributed by atoms with Crippen molar-refractivity contribution in [1.29, 1.82) is 0 Å². The van der Waals surface area contributed by atoms with Crippen LogP contribution in [-0.4, -0.2) is 45.0 Å². The van der Waals surface area contributed by atoms with E-state index in [1.165, 1.54) is 12.1 Å². The van der Waals surface area contributed by atoms with E-state index in [2.05, 4.69) is 27.8 Å². The number of H-pyrrole nitrogens is 1. The predicted molar refractivity (Wildman–Crippen MR) is 137 cm³/mol. The zero-order valence-corrected chi connectivity index (χ0v) is 19.9. The van der Waals surface area contributed by atoms with E-state index in [0.717, 1.165) is 41.0 Å². The molecule has 0 aliphatic rings. The molecule has 1 heterocycles. The number of aliphatic hydroxyl groups is 2. The van der Waals surface area contributed by atoms with Crippen molar-refractivity contribution in [2.24, 2.45) is 0 Å². The third kappa shape index (κ3) is 6.27. The van der Waals surface area contributed by atoms with Gasteiger partial charge in [0, 0.05) is 12.1 Å². The Hall–Kier alpha value is -3.21. The number of aromatic hydroxyl groups is 2. The molecule has 0 atom stereocenters. The maximum atomic E-state index is 11.7. The molecule has 0 radical (unpaired) electrons. The zero-order chi connectivity index (χ0) is 24.8. The fraction of sp³-hybridized carbons (Fsp3) is 0.269. The first-order valence-corrected chi connectivity index (χ1v) is 12.2. The summed E-state index contributed by atoms with van der Waals surface area (Å²) < 4.78 is 0.324. The van der Waals surface area contributed by atoms with Crippen LogP contribution in [-0.2, 0) is 25.2 Å². The number of aromatic nitrogens is 1. The molecule has 0 bridgehead atoms. The van der Waals surface area contributed by atoms with Gasteiger partial charge in [-0.25, -0.2) is 0 Å². The van der Waals surface area contributed by atoms with Crippen LogP contribution in [0.2, 0.25) is 0 Å². The Bertz CT molecular complexity index is 1350. The van der Waals surface area contributed by atoms with Crippen molar-refractivity contribution in [1.82, 2.24) is 15.6 Å². The Kier molecular flexibility index (Phi) is 7.84. The van der Waals surface area contributed by atoms with Crippen LogP contribution < -0.4 is 15.5 Å². The van der Waals surface area contributed by atoms with Crippen LogP contribution in [0.3, 0.4) is 0 Å². The Balaban J connectivity index is 1.26. The first-order valence-electron chi connectivity index (χ1n) is 11.4. The van der Waals surface area contributed by atoms with Gasteiger partial charge in [0.25, 0.3) is 0 Å². The summed E-state index contributed by atoms with van der Waals surface area (Å²) in [6.45, 7) is 1.85. The summed E-state index contributed by atoms with van der Waals surface area (Å²) >= 11 is 0.828. The van der Waals surface area contributed by atoms with Crippen molar-refractivity contribution >= 4 is 21.6 Å². The fourth-order valence-corrected chi connectivity index (χ4v) is 4.94. The molecule has 0 aliphatic heterocycles. The van der Waals surface area contributed by atoms with Gasteiger partial charge in [-0.05, 0) is 60.8 Å². The number of benzene rings is 3. The van der Waals surface area contributed by atoms with E-state index in [9.17, 15) is 25.2 Å². The number of rotatable bonds is 11. The van der Waals surface area contributed by atoms with Crippen molar-refractivity contribution < 1.29 is 20.4 Å². The van der Waals surface area contributed by atoms with Gasteiger partial charge in [0.05, 0.1) is 11.2 Å². The van der Waals surface area contributed by atoms with Gasteiger partial charge < -0.3 is 36.0 Å². The third-order valence-corrected chi connectivity index (χ3v) is 6.75. The lowest BCUT2D eigenvalue weighted by Gasteiger charge is -2.23. The van der Waals surface area contributed by atoms with Gasteiger partial charge in [-0.15, -0.1) is 0 Å². The van der Waals surface area contributed by atoms with Gasteiger partial charge >= 0.3 is 4.87 Å². The van der Waals surface area contributed by atoms with E-state index in [-0.39, 0.29) is 28.2 Å². The van der Waals surface area contributed by atoms with Gasteiger partial charge in [0.15, 0.2) is 0 Å². The topological polar surface area (TPSA) is 138 Å². The number of hydrogen-bond acceptors (Lipinski definition) is 8. The van der Waals surface area contributed by atoms with Gasteiger partial charge in [-0.3, -0.25) is 4.79 Å². The van der Waals surface area contributed by atoms with Crippen LogP contribution >= 0.6 is 11.3 Å². The van der Waals surface area contributed by atoms with Crippen molar-refractivity contribution in [2.45, 2.75) is 25.2 Å². The van der Waals surface area contributed by atoms with Crippen molar-refractivity contribution in [3.05, 3.63) is 92.6 Å². The standard InChI is InChI=1S/C26H29N3O5S/c30-21-7-2-1-6-19(21)11-13-27-15-18-5-3-4-17(14-18)10-12-28-16-26(33,34)20-8-9-22(31)23-24(20)35-25(32)29-23/h1-9,14,27-28,30-31,33-34H,10-13,15-16H2,(H,29,32). The van der Waals surface area contributed by atoms with Crippen molar-refractivity contribution in [3.63, 3.8) is 0 Å². The van der Waals surface area contributed by atoms with Crippen LogP contribution in [0.5, 0.6) is 11.5 Å². The minimum atomic E-state index is -2.20. The molecule has 0 amide bonds. The fourth-order valence-electron chi connectivity index (χ4n) is 4.00. The summed E-state index contributed by atoms with van der Waals surface area (Å²) in [6, 6.07) is 18.3. The van der Waals surface area contributed by atoms with E-state index >= 15 is 0 Å². The van der Waals surface area contributed by atoms with Gasteiger partial charge in [0.1, 0.15) is 17.0 Å². The number of phenols is 2. The van der Waals surface area contributed by atoms with Crippen LogP contribution in [0.1, 0.15) is 22.3 Å². The number of thiazole rings is 1. The Morgan fingerprint density at radius 2 is 1.63 bits per heavy atom. The quantitative estimate of drug-likeness (QED) is 0.125. The highest BCUT2D eigenvalue weighted by Gasteiger charge is 2.29. The normalized spacial score (nSPS) is 11.8. The molecule has 9 heteroatoms. The maximum absolute atomic E-state index is 11.7. The summed E-state index contributed by atoms with van der Waals surface area (Å²) in [5.41, 5.74) is 3.55. The lowest BCUT2D eigenvalue weighted by atomic mass is 10.0. The highest BCUT2D eigenvalue weighted by Crippen LogP contribution is 2.32. The summed E-state index contributed by atoms with van der Waals surface area (Å²) in [4.78, 5) is 13.8. The Morgan fingerprint density at radius 3 is 2.46 bits per heavy atom. The molecular weight excluding hydrogens is 466 g/mol. The second-order valence-corrected chi connectivity index (χ2v) is 9.45. The predicted octanol–water partition coefficient (Wildman–Crippen LogP) is 2.30. The molecule has 35 heavy (non-hydrogen) atoms. The van der Waals surface area contributed by atoms with Crippen LogP contribution in [0.25, 0.3) is 10.2 Å². The largest absolute Gasteiger partial charge is 0.508 e. The lowest BCUT2D eigenvalue weighted by Crippen LogP contribution is -2.38. The SMILES string of the molecule is O=c1[nH]c2c(O)ccc(C(O)(O)CNCCc3cccc(CNCCc4ccccc4O)c3)c2s1. The van der Waals surface area contributed by atoms with E-state index in [4.69, 9.17) is 0 Å². The highest BCUT2D eigenvalue weighted by atomic mass is 32.1. The average molecular weight is 496 g/mol. The van der Waals surface area contributed by atoms with Gasteiger partial charge in [-0.1, -0.05) is 53.8 Å². The lowest BCUT2D eigenvalue weighted by molar-refractivity contribution is -0.164. The second-order valence-electron chi connectivity index (χ2n) is 8.47. The van der Waals surface area contributed by atoms with Crippen molar-refractivity contribution in [3.8, 4) is 11.5 Å². The molecule has 3 aromatic carbocycles. The molecule has 0 fully saturated rings. The second kappa shape index (κ2) is 11.0. The molecule has 0 saturated carbocycles. The van der Waals surface area contributed by atoms with E-state index in [1.54, 1.807) is 6.07 Å². The smallest absolute Gasteiger partial charge is 0.305 e. The molecule has 1 aromatic heterocycles. The minimum Gasteiger partial charge on any atom is -0.508 e. The first kappa shape index (κ1) is 24.9. The molecule has 0 spiro atoms. The molecule has 0 aliphatic carbocycles. The van der Waals surface area contributed by atoms with E-state index < -0.39 is 5.79 Å². The maximum Gasteiger partial charge on any atom is 0.305 e. The Labute approximate surface area is 206 Å². The highest BCUT2D eigenvalue weighted by molar-refractivity contribution is 7.16. The Morgan fingerprint density at radius 1 is 0.857 bits per heavy atom. The van der Waals surface area contributed by atoms with Crippen molar-refractivity contribution in [2.75, 3.05) is 19.6 Å². The summed E-state index contributed by atoms with van der Waals surface area (Å²) in [6.07, 6.45) is 1.44. The van der Waals surface area contributed by atoms with E-state index in [1.807, 2.05) is 30.3 Å². The summed E-state index contributed by atoms with van der Waals surface area (Å²) in [5.74, 6) is -1.99. The van der Waals surface area contributed by atoms with Gasteiger partial charge in [-0.2, -0.15) is 0 Å². The third-order valence-electron chi connectivity index (χ3n) is 5.83. The van der Waals surface area contributed by atoms with E-state index in [0.29, 0.717) is 30.0 Å². The molecular formula is C26H29N3O5S. The number of aromatic amines is 1. The van der Waals surface area contributed by atoms with Gasteiger partial charge in [0.2, 0.25) is 5.79 Å². The first-order chi connectivity index (χ1) is 16.8. The van der Waals surface area contributed by atoms with Crippen LogP contribution in [0, 0.1) is 0 Å². The molecule has 184 valence electrons. The monoisotopic (exact) mass is 495 g/mol. The average Bonchev–Trinajstić information content (AvgIpc) is 3.23. The summed E-state index contributed by atoms with van der Waals surface area (Å²) in [7, 11) is 0. The molecule has 0 unspecified atom stereocenters. The van der Waals surface area contributed by atoms with Crippen LogP contribution in [0.4, 0.5) is 0 Å². The summed E-state index contributed by atoms with van der Waals surface area (Å²) in [5, 5.41) is 47.5.